The van der Waals surface area contributed by atoms with Crippen molar-refractivity contribution in [1.29, 1.82) is 0 Å². The number of rotatable bonds is 6. The number of anilines is 2. The minimum Gasteiger partial charge on any atom is -0.490 e. The quantitative estimate of drug-likeness (QED) is 0.414. The second-order valence-electron chi connectivity index (χ2n) is 9.38. The number of carbonyl (C=O) groups excluding carboxylic acids is 1. The van der Waals surface area contributed by atoms with Crippen molar-refractivity contribution in [2.45, 2.75) is 51.7 Å². The molecule has 2 atom stereocenters. The monoisotopic (exact) mass is 468 g/mol. The lowest BCUT2D eigenvalue weighted by atomic mass is 9.78. The minimum absolute atomic E-state index is 0.0382. The molecule has 5 heteroatoms. The molecule has 1 aliphatic heterocycles. The van der Waals surface area contributed by atoms with E-state index in [0.29, 0.717) is 24.5 Å². The van der Waals surface area contributed by atoms with Crippen molar-refractivity contribution < 1.29 is 14.3 Å². The van der Waals surface area contributed by atoms with E-state index in [1.807, 2.05) is 75.4 Å². The van der Waals surface area contributed by atoms with Crippen LogP contribution in [0, 0.1) is 0 Å². The number of fused-ring (bicyclic) bond motifs is 1. The molecule has 3 aromatic carbocycles. The van der Waals surface area contributed by atoms with E-state index in [1.54, 1.807) is 0 Å². The first kappa shape index (κ1) is 23.0. The van der Waals surface area contributed by atoms with E-state index in [1.165, 1.54) is 5.56 Å². The predicted octanol–water partition coefficient (Wildman–Crippen LogP) is 6.85. The van der Waals surface area contributed by atoms with Gasteiger partial charge >= 0.3 is 0 Å². The number of allylic oxidation sites excluding steroid dienone is 1. The van der Waals surface area contributed by atoms with E-state index < -0.39 is 0 Å². The van der Waals surface area contributed by atoms with Crippen molar-refractivity contribution in [2.24, 2.45) is 0 Å². The van der Waals surface area contributed by atoms with Crippen molar-refractivity contribution in [3.63, 3.8) is 0 Å². The molecule has 0 radical (unpaired) electrons. The molecular formula is C30H32N2O3. The lowest BCUT2D eigenvalue weighted by Gasteiger charge is -2.30. The Balaban J connectivity index is 1.59. The standard InChI is InChI=1S/C30H32N2O3/c1-4-34-28-18-21(14-15-27(28)35-19(2)3)30-29-25(31-23-12-8-9-13-24(23)32-30)16-22(17-26(29)33)20-10-6-5-7-11-20/h5-15,18-19,22,30-32H,4,16-17H2,1-3H3. The number of hydrogen-bond acceptors (Lipinski definition) is 5. The van der Waals surface area contributed by atoms with E-state index in [0.717, 1.165) is 34.6 Å². The van der Waals surface area contributed by atoms with E-state index in [-0.39, 0.29) is 23.8 Å². The average molecular weight is 469 g/mol. The highest BCUT2D eigenvalue weighted by Crippen LogP contribution is 2.45. The van der Waals surface area contributed by atoms with Gasteiger partial charge in [-0.3, -0.25) is 4.79 Å². The summed E-state index contributed by atoms with van der Waals surface area (Å²) in [7, 11) is 0. The third-order valence-electron chi connectivity index (χ3n) is 6.54. The molecule has 2 N–H and O–H groups in total. The van der Waals surface area contributed by atoms with E-state index in [2.05, 4.69) is 28.8 Å². The second kappa shape index (κ2) is 9.87. The van der Waals surface area contributed by atoms with Crippen LogP contribution in [0.3, 0.4) is 0 Å². The first-order valence-electron chi connectivity index (χ1n) is 12.4. The zero-order chi connectivity index (χ0) is 24.4. The highest BCUT2D eigenvalue weighted by Gasteiger charge is 2.36. The van der Waals surface area contributed by atoms with E-state index >= 15 is 0 Å². The van der Waals surface area contributed by atoms with Crippen molar-refractivity contribution >= 4 is 17.2 Å². The first-order chi connectivity index (χ1) is 17.0. The summed E-state index contributed by atoms with van der Waals surface area (Å²) in [6.07, 6.45) is 1.31. The third-order valence-corrected chi connectivity index (χ3v) is 6.54. The fourth-order valence-corrected chi connectivity index (χ4v) is 5.03. The first-order valence-corrected chi connectivity index (χ1v) is 12.4. The summed E-state index contributed by atoms with van der Waals surface area (Å²) in [5.74, 6) is 1.73. The molecule has 0 amide bonds. The molecule has 3 aromatic rings. The van der Waals surface area contributed by atoms with Crippen LogP contribution in [0.2, 0.25) is 0 Å². The SMILES string of the molecule is CCOc1cc(C2Nc3ccccc3NC3=C2C(=O)CC(c2ccccc2)C3)ccc1OC(C)C. The number of para-hydroxylation sites is 2. The smallest absolute Gasteiger partial charge is 0.163 e. The van der Waals surface area contributed by atoms with Gasteiger partial charge in [0.1, 0.15) is 0 Å². The summed E-state index contributed by atoms with van der Waals surface area (Å²) in [6.45, 7) is 6.50. The van der Waals surface area contributed by atoms with Crippen molar-refractivity contribution in [3.8, 4) is 11.5 Å². The van der Waals surface area contributed by atoms with Gasteiger partial charge < -0.3 is 20.1 Å². The van der Waals surface area contributed by atoms with Gasteiger partial charge in [0.15, 0.2) is 17.3 Å². The molecule has 0 spiro atoms. The predicted molar refractivity (Wildman–Crippen MR) is 140 cm³/mol. The van der Waals surface area contributed by atoms with Gasteiger partial charge in [0.2, 0.25) is 0 Å². The third kappa shape index (κ3) is 4.76. The lowest BCUT2D eigenvalue weighted by Crippen LogP contribution is -2.27. The summed E-state index contributed by atoms with van der Waals surface area (Å²) in [5, 5.41) is 7.26. The number of hydrogen-bond donors (Lipinski definition) is 2. The average Bonchev–Trinajstić information content (AvgIpc) is 3.02. The molecule has 2 unspecified atom stereocenters. The van der Waals surface area contributed by atoms with Crippen LogP contribution in [0.4, 0.5) is 11.4 Å². The van der Waals surface area contributed by atoms with Crippen LogP contribution in [0.5, 0.6) is 11.5 Å². The molecule has 1 aliphatic carbocycles. The summed E-state index contributed by atoms with van der Waals surface area (Å²) in [5.41, 5.74) is 5.91. The zero-order valence-electron chi connectivity index (χ0n) is 20.5. The molecule has 180 valence electrons. The number of nitrogens with one attached hydrogen (secondary N) is 2. The molecular weight excluding hydrogens is 436 g/mol. The molecule has 0 fully saturated rings. The van der Waals surface area contributed by atoms with E-state index in [4.69, 9.17) is 9.47 Å². The minimum atomic E-state index is -0.294. The Kier molecular flexibility index (Phi) is 6.49. The Labute approximate surface area is 207 Å². The summed E-state index contributed by atoms with van der Waals surface area (Å²) in [4.78, 5) is 13.7. The summed E-state index contributed by atoms with van der Waals surface area (Å²) in [6, 6.07) is 24.2. The maximum Gasteiger partial charge on any atom is 0.163 e. The van der Waals surface area contributed by atoms with Gasteiger partial charge in [0.25, 0.3) is 0 Å². The normalized spacial score (nSPS) is 19.3. The Morgan fingerprint density at radius 2 is 1.63 bits per heavy atom. The number of Topliss-reactive ketones (excluding diaryl/α,β-unsaturated/α-hetero) is 1. The van der Waals surface area contributed by atoms with Gasteiger partial charge in [0, 0.05) is 17.7 Å². The molecule has 0 aromatic heterocycles. The van der Waals surface area contributed by atoms with Crippen LogP contribution in [0.1, 0.15) is 56.7 Å². The summed E-state index contributed by atoms with van der Waals surface area (Å²) < 4.78 is 11.9. The van der Waals surface area contributed by atoms with Crippen LogP contribution in [0.15, 0.2) is 84.1 Å². The maximum atomic E-state index is 13.7. The van der Waals surface area contributed by atoms with Crippen molar-refractivity contribution in [1.82, 2.24) is 0 Å². The highest BCUT2D eigenvalue weighted by atomic mass is 16.5. The topological polar surface area (TPSA) is 59.6 Å². The van der Waals surface area contributed by atoms with Crippen LogP contribution in [-0.2, 0) is 4.79 Å². The van der Waals surface area contributed by atoms with Gasteiger partial charge in [0.05, 0.1) is 30.1 Å². The Morgan fingerprint density at radius 3 is 2.37 bits per heavy atom. The molecule has 5 rings (SSSR count). The molecule has 5 nitrogen and oxygen atoms in total. The second-order valence-corrected chi connectivity index (χ2v) is 9.38. The van der Waals surface area contributed by atoms with Crippen LogP contribution < -0.4 is 20.1 Å². The largest absolute Gasteiger partial charge is 0.490 e. The fraction of sp³-hybridized carbons (Fsp3) is 0.300. The maximum absolute atomic E-state index is 13.7. The molecule has 1 heterocycles. The van der Waals surface area contributed by atoms with Gasteiger partial charge in [-0.25, -0.2) is 0 Å². The van der Waals surface area contributed by atoms with Crippen molar-refractivity contribution in [2.75, 3.05) is 17.2 Å². The highest BCUT2D eigenvalue weighted by molar-refractivity contribution is 6.01. The Hall–Kier alpha value is -3.73. The number of benzene rings is 3. The van der Waals surface area contributed by atoms with E-state index in [9.17, 15) is 4.79 Å². The molecule has 35 heavy (non-hydrogen) atoms. The Morgan fingerprint density at radius 1 is 0.886 bits per heavy atom. The molecule has 0 bridgehead atoms. The van der Waals surface area contributed by atoms with Gasteiger partial charge in [-0.1, -0.05) is 48.5 Å². The number of ketones is 1. The lowest BCUT2D eigenvalue weighted by molar-refractivity contribution is -0.116. The van der Waals surface area contributed by atoms with Crippen LogP contribution in [-0.4, -0.2) is 18.5 Å². The van der Waals surface area contributed by atoms with Crippen LogP contribution >= 0.6 is 0 Å². The summed E-state index contributed by atoms with van der Waals surface area (Å²) >= 11 is 0. The molecule has 0 saturated carbocycles. The number of carbonyl (C=O) groups is 1. The Bertz CT molecular complexity index is 1250. The van der Waals surface area contributed by atoms with Crippen molar-refractivity contribution in [3.05, 3.63) is 95.2 Å². The molecule has 0 saturated heterocycles. The zero-order valence-corrected chi connectivity index (χ0v) is 20.5. The van der Waals surface area contributed by atoms with Crippen LogP contribution in [0.25, 0.3) is 0 Å². The van der Waals surface area contributed by atoms with Gasteiger partial charge in [-0.05, 0) is 68.5 Å². The fourth-order valence-electron chi connectivity index (χ4n) is 5.03. The molecule has 2 aliphatic rings. The van der Waals surface area contributed by atoms with Gasteiger partial charge in [-0.2, -0.15) is 0 Å². The van der Waals surface area contributed by atoms with Gasteiger partial charge in [-0.15, -0.1) is 0 Å². The number of ether oxygens (including phenoxy) is 2.